The molecule has 13 heteroatoms. The van der Waals surface area contributed by atoms with Crippen molar-refractivity contribution in [1.29, 1.82) is 0 Å². The lowest BCUT2D eigenvalue weighted by atomic mass is 10.1. The number of benzene rings is 2. The summed E-state index contributed by atoms with van der Waals surface area (Å²) in [4.78, 5) is 13.8. The van der Waals surface area contributed by atoms with E-state index in [1.165, 1.54) is 42.5 Å². The highest BCUT2D eigenvalue weighted by Crippen LogP contribution is 2.37. The molecule has 41 heavy (non-hydrogen) atoms. The van der Waals surface area contributed by atoms with Crippen molar-refractivity contribution in [3.05, 3.63) is 81.5 Å². The van der Waals surface area contributed by atoms with Gasteiger partial charge in [-0.15, -0.1) is 0 Å². The first-order valence-corrected chi connectivity index (χ1v) is 14.9. The number of hydrogen-bond acceptors (Lipinski definition) is 5. The largest absolute Gasteiger partial charge is 0.390 e. The molecule has 1 aliphatic rings. The highest BCUT2D eigenvalue weighted by atomic mass is 35.5. The molecule has 2 aromatic heterocycles. The van der Waals surface area contributed by atoms with Gasteiger partial charge in [0.05, 0.1) is 39.5 Å². The average molecular weight is 612 g/mol. The van der Waals surface area contributed by atoms with Crippen LogP contribution in [0.25, 0.3) is 27.8 Å². The number of pyridine rings is 1. The number of nitrogens with zero attached hydrogens (tertiary/aromatic N) is 3. The van der Waals surface area contributed by atoms with E-state index in [1.54, 1.807) is 28.4 Å². The molecule has 5 rings (SSSR count). The van der Waals surface area contributed by atoms with Crippen LogP contribution in [0.3, 0.4) is 0 Å². The summed E-state index contributed by atoms with van der Waals surface area (Å²) in [6.07, 6.45) is -1.42. The smallest absolute Gasteiger partial charge is 0.382 e. The van der Waals surface area contributed by atoms with Crippen LogP contribution in [0.1, 0.15) is 31.2 Å². The number of aromatic nitrogens is 2. The second-order valence-electron chi connectivity index (χ2n) is 9.88. The topological polar surface area (TPSA) is 73.5 Å². The van der Waals surface area contributed by atoms with Crippen LogP contribution in [0.15, 0.2) is 59.5 Å². The van der Waals surface area contributed by atoms with E-state index >= 15 is 0 Å². The minimum Gasteiger partial charge on any atom is -0.382 e. The molecule has 0 unspecified atom stereocenters. The second-order valence-corrected chi connectivity index (χ2v) is 12.0. The second kappa shape index (κ2) is 11.1. The maximum atomic E-state index is 14.0. The lowest BCUT2D eigenvalue weighted by Crippen LogP contribution is -2.45. The van der Waals surface area contributed by atoms with E-state index < -0.39 is 34.3 Å². The van der Waals surface area contributed by atoms with Gasteiger partial charge in [-0.1, -0.05) is 11.6 Å². The molecule has 7 nitrogen and oxygen atoms in total. The number of halogens is 5. The van der Waals surface area contributed by atoms with Crippen molar-refractivity contribution >= 4 is 32.6 Å². The van der Waals surface area contributed by atoms with E-state index in [9.17, 15) is 30.8 Å². The standard InChI is InChI=1S/C28H26ClF4N3O4S/c1-18-25-24(11-15-35(27(25)37)34-13-3-2-4-14-34)36(23-10-7-20(30)17-22(23)29)26(18)19-5-8-21(9-6-19)40-41(38,39)16-12-28(31,32)33/h5-11,15,17H,2-4,12-14,16H2,1H3. The predicted molar refractivity (Wildman–Crippen MR) is 150 cm³/mol. The molecule has 0 amide bonds. The molecule has 0 atom stereocenters. The van der Waals surface area contributed by atoms with Gasteiger partial charge in [0, 0.05) is 19.3 Å². The van der Waals surface area contributed by atoms with Gasteiger partial charge in [0.2, 0.25) is 0 Å². The number of piperidine rings is 1. The quantitative estimate of drug-likeness (QED) is 0.180. The molecule has 0 spiro atoms. The summed E-state index contributed by atoms with van der Waals surface area (Å²) in [7, 11) is -4.48. The third-order valence-electron chi connectivity index (χ3n) is 7.02. The summed E-state index contributed by atoms with van der Waals surface area (Å²) in [5.74, 6) is -1.91. The summed E-state index contributed by atoms with van der Waals surface area (Å²) in [5, 5.41) is 2.54. The molecule has 1 aliphatic heterocycles. The Morgan fingerprint density at radius 3 is 2.32 bits per heavy atom. The molecule has 218 valence electrons. The molecule has 2 aromatic carbocycles. The zero-order chi connectivity index (χ0) is 29.5. The maximum Gasteiger partial charge on any atom is 0.390 e. The zero-order valence-corrected chi connectivity index (χ0v) is 23.5. The van der Waals surface area contributed by atoms with Crippen molar-refractivity contribution in [2.45, 2.75) is 38.8 Å². The van der Waals surface area contributed by atoms with Crippen molar-refractivity contribution in [2.75, 3.05) is 23.9 Å². The third-order valence-corrected chi connectivity index (χ3v) is 8.47. The van der Waals surface area contributed by atoms with Gasteiger partial charge >= 0.3 is 16.3 Å². The van der Waals surface area contributed by atoms with Gasteiger partial charge in [-0.2, -0.15) is 21.6 Å². The predicted octanol–water partition coefficient (Wildman–Crippen LogP) is 6.34. The van der Waals surface area contributed by atoms with Crippen LogP contribution in [0.5, 0.6) is 5.75 Å². The Morgan fingerprint density at radius 2 is 1.68 bits per heavy atom. The minimum atomic E-state index is -4.64. The molecule has 1 fully saturated rings. The van der Waals surface area contributed by atoms with Crippen molar-refractivity contribution in [3.8, 4) is 22.7 Å². The van der Waals surface area contributed by atoms with Crippen LogP contribution >= 0.6 is 11.6 Å². The van der Waals surface area contributed by atoms with E-state index in [2.05, 4.69) is 0 Å². The fourth-order valence-corrected chi connectivity index (χ4v) is 6.35. The van der Waals surface area contributed by atoms with Crippen LogP contribution in [0, 0.1) is 12.7 Å². The lowest BCUT2D eigenvalue weighted by molar-refractivity contribution is -0.130. The molecule has 3 heterocycles. The summed E-state index contributed by atoms with van der Waals surface area (Å²) in [6.45, 7) is 3.27. The molecule has 0 bridgehead atoms. The summed E-state index contributed by atoms with van der Waals surface area (Å²) in [6, 6.07) is 11.4. The number of alkyl halides is 3. The van der Waals surface area contributed by atoms with Gasteiger partial charge in [-0.3, -0.25) is 4.79 Å². The Labute approximate surface area is 238 Å². The fraction of sp³-hybridized carbons (Fsp3) is 0.321. The van der Waals surface area contributed by atoms with E-state index in [4.69, 9.17) is 15.8 Å². The number of hydrogen-bond donors (Lipinski definition) is 0. The first-order chi connectivity index (χ1) is 19.3. The van der Waals surface area contributed by atoms with Gasteiger partial charge in [-0.05, 0) is 85.8 Å². The SMILES string of the molecule is Cc1c(-c2ccc(OS(=O)(=O)CCC(F)(F)F)cc2)n(-c2ccc(F)cc2Cl)c2ccn(N3CCCCC3)c(=O)c12. The van der Waals surface area contributed by atoms with Crippen LogP contribution in [0.2, 0.25) is 5.02 Å². The maximum absolute atomic E-state index is 14.0. The summed E-state index contributed by atoms with van der Waals surface area (Å²) < 4.78 is 83.8. The summed E-state index contributed by atoms with van der Waals surface area (Å²) >= 11 is 6.47. The number of aryl methyl sites for hydroxylation is 1. The Kier molecular flexibility index (Phi) is 7.82. The first kappa shape index (κ1) is 29.0. The van der Waals surface area contributed by atoms with Crippen LogP contribution in [-0.4, -0.2) is 42.7 Å². The van der Waals surface area contributed by atoms with Gasteiger partial charge in [-0.25, -0.2) is 9.07 Å². The van der Waals surface area contributed by atoms with E-state index in [-0.39, 0.29) is 16.3 Å². The van der Waals surface area contributed by atoms with Gasteiger partial charge in [0.1, 0.15) is 11.6 Å². The van der Waals surface area contributed by atoms with Crippen molar-refractivity contribution in [2.24, 2.45) is 0 Å². The highest BCUT2D eigenvalue weighted by Gasteiger charge is 2.31. The van der Waals surface area contributed by atoms with E-state index in [0.717, 1.165) is 32.4 Å². The molecule has 1 saturated heterocycles. The molecular weight excluding hydrogens is 586 g/mol. The van der Waals surface area contributed by atoms with E-state index in [1.807, 2.05) is 5.01 Å². The molecule has 0 aliphatic carbocycles. The van der Waals surface area contributed by atoms with Gasteiger partial charge in [0.15, 0.2) is 0 Å². The van der Waals surface area contributed by atoms with E-state index in [0.29, 0.717) is 33.4 Å². The fourth-order valence-electron chi connectivity index (χ4n) is 5.13. The first-order valence-electron chi connectivity index (χ1n) is 12.9. The average Bonchev–Trinajstić information content (AvgIpc) is 3.21. The van der Waals surface area contributed by atoms with Gasteiger partial charge in [0.25, 0.3) is 5.56 Å². The van der Waals surface area contributed by atoms with Crippen molar-refractivity contribution in [1.82, 2.24) is 9.24 Å². The molecule has 4 aromatic rings. The lowest BCUT2D eigenvalue weighted by Gasteiger charge is -2.30. The van der Waals surface area contributed by atoms with Crippen LogP contribution in [0.4, 0.5) is 17.6 Å². The van der Waals surface area contributed by atoms with Crippen LogP contribution in [-0.2, 0) is 10.1 Å². The summed E-state index contributed by atoms with van der Waals surface area (Å²) in [5.41, 5.74) is 2.45. The Bertz CT molecular complexity index is 1760. The highest BCUT2D eigenvalue weighted by molar-refractivity contribution is 7.87. The molecule has 0 saturated carbocycles. The molecule has 0 radical (unpaired) electrons. The van der Waals surface area contributed by atoms with Crippen LogP contribution < -0.4 is 14.8 Å². The Hall–Kier alpha value is -3.51. The monoisotopic (exact) mass is 611 g/mol. The zero-order valence-electron chi connectivity index (χ0n) is 21.9. The molecular formula is C28H26ClF4N3O4S. The Morgan fingerprint density at radius 1 is 1.00 bits per heavy atom. The van der Waals surface area contributed by atoms with Gasteiger partial charge < -0.3 is 13.8 Å². The normalized spacial score (nSPS) is 14.5. The van der Waals surface area contributed by atoms with Crippen molar-refractivity contribution < 1.29 is 30.2 Å². The number of rotatable bonds is 7. The third kappa shape index (κ3) is 6.08. The minimum absolute atomic E-state index is 0.110. The Balaban J connectivity index is 1.62. The number of fused-ring (bicyclic) bond motifs is 1. The van der Waals surface area contributed by atoms with Crippen molar-refractivity contribution in [3.63, 3.8) is 0 Å². The molecule has 0 N–H and O–H groups in total.